The van der Waals surface area contributed by atoms with Crippen LogP contribution in [0.25, 0.3) is 10.9 Å². The number of aromatic nitrogens is 1. The second kappa shape index (κ2) is 8.19. The van der Waals surface area contributed by atoms with E-state index in [1.807, 2.05) is 69.4 Å². The first-order valence-electron chi connectivity index (χ1n) is 9.33. The summed E-state index contributed by atoms with van der Waals surface area (Å²) in [5, 5.41) is 1.52. The lowest BCUT2D eigenvalue weighted by Gasteiger charge is -2.30. The van der Waals surface area contributed by atoms with Crippen molar-refractivity contribution in [3.63, 3.8) is 0 Å². The van der Waals surface area contributed by atoms with Crippen LogP contribution in [-0.4, -0.2) is 22.1 Å². The van der Waals surface area contributed by atoms with Gasteiger partial charge in [-0.25, -0.2) is 0 Å². The van der Waals surface area contributed by atoms with Crippen LogP contribution in [-0.2, 0) is 16.1 Å². The number of nitrogens with one attached hydrogen (secondary N) is 1. The summed E-state index contributed by atoms with van der Waals surface area (Å²) in [6.45, 7) is 6.45. The van der Waals surface area contributed by atoms with Gasteiger partial charge in [0, 0.05) is 40.7 Å². The topological polar surface area (TPSA) is 53.2 Å². The quantitative estimate of drug-likeness (QED) is 0.534. The number of hydrogen-bond acceptors (Lipinski definition) is 2. The molecular formula is C23H25ClN2O2. The van der Waals surface area contributed by atoms with Crippen LogP contribution in [0, 0.1) is 5.41 Å². The molecule has 28 heavy (non-hydrogen) atoms. The first-order valence-corrected chi connectivity index (χ1v) is 9.70. The van der Waals surface area contributed by atoms with Crippen LogP contribution in [0.1, 0.15) is 44.4 Å². The third-order valence-electron chi connectivity index (χ3n) is 4.65. The highest BCUT2D eigenvalue weighted by Gasteiger charge is 2.31. The number of hydrogen-bond donors (Lipinski definition) is 1. The Hall–Kier alpha value is -2.59. The lowest BCUT2D eigenvalue weighted by molar-refractivity contribution is -0.133. The molecule has 1 N–H and O–H groups in total. The Bertz CT molecular complexity index is 973. The molecule has 4 nitrogen and oxygen atoms in total. The van der Waals surface area contributed by atoms with Crippen molar-refractivity contribution in [1.82, 2.24) is 9.88 Å². The summed E-state index contributed by atoms with van der Waals surface area (Å²) >= 11 is 6.10. The number of ketones is 1. The second-order valence-electron chi connectivity index (χ2n) is 8.30. The first kappa shape index (κ1) is 20.2. The summed E-state index contributed by atoms with van der Waals surface area (Å²) in [5.41, 5.74) is 2.45. The molecule has 0 fully saturated rings. The molecular weight excluding hydrogens is 372 g/mol. The maximum Gasteiger partial charge on any atom is 0.210 e. The molecule has 1 aromatic heterocycles. The number of Topliss-reactive ketones (excluding diaryl/α,β-unsaturated/α-hetero) is 1. The number of carbonyl (C=O) groups is 2. The molecule has 0 saturated carbocycles. The monoisotopic (exact) mass is 396 g/mol. The third-order valence-corrected chi connectivity index (χ3v) is 4.89. The van der Waals surface area contributed by atoms with Crippen molar-refractivity contribution in [2.75, 3.05) is 0 Å². The first-order chi connectivity index (χ1) is 13.3. The SMILES string of the molecule is CC(C)(C)CC(=O)C(c1c[nH]c2cc(Cl)ccc12)N(C=O)Cc1ccccc1. The van der Waals surface area contributed by atoms with Gasteiger partial charge in [-0.2, -0.15) is 0 Å². The van der Waals surface area contributed by atoms with E-state index in [1.54, 1.807) is 11.0 Å². The Morgan fingerprint density at radius 2 is 1.89 bits per heavy atom. The van der Waals surface area contributed by atoms with Gasteiger partial charge in [0.05, 0.1) is 0 Å². The van der Waals surface area contributed by atoms with E-state index in [-0.39, 0.29) is 11.2 Å². The molecule has 3 aromatic rings. The fourth-order valence-electron chi connectivity index (χ4n) is 3.49. The van der Waals surface area contributed by atoms with Gasteiger partial charge in [-0.1, -0.05) is 68.8 Å². The number of carbonyl (C=O) groups excluding carboxylic acids is 2. The summed E-state index contributed by atoms with van der Waals surface area (Å²) in [6, 6.07) is 14.6. The zero-order valence-electron chi connectivity index (χ0n) is 16.4. The molecule has 0 aliphatic rings. The summed E-state index contributed by atoms with van der Waals surface area (Å²) < 4.78 is 0. The molecule has 1 amide bonds. The number of halogens is 1. The van der Waals surface area contributed by atoms with Gasteiger partial charge in [-0.05, 0) is 23.1 Å². The van der Waals surface area contributed by atoms with Crippen LogP contribution in [0.2, 0.25) is 5.02 Å². The van der Waals surface area contributed by atoms with Crippen LogP contribution >= 0.6 is 11.6 Å². The number of amides is 1. The van der Waals surface area contributed by atoms with Crippen molar-refractivity contribution in [3.05, 3.63) is 70.9 Å². The van der Waals surface area contributed by atoms with Gasteiger partial charge >= 0.3 is 0 Å². The minimum atomic E-state index is -0.660. The normalized spacial score (nSPS) is 12.7. The molecule has 0 radical (unpaired) electrons. The summed E-state index contributed by atoms with van der Waals surface area (Å²) in [5.74, 6) is 0.0198. The minimum absolute atomic E-state index is 0.0198. The van der Waals surface area contributed by atoms with Crippen LogP contribution in [0.15, 0.2) is 54.7 Å². The molecule has 146 valence electrons. The lowest BCUT2D eigenvalue weighted by Crippen LogP contribution is -2.34. The van der Waals surface area contributed by atoms with E-state index in [4.69, 9.17) is 11.6 Å². The van der Waals surface area contributed by atoms with Gasteiger partial charge in [-0.3, -0.25) is 9.59 Å². The number of aromatic amines is 1. The van der Waals surface area contributed by atoms with E-state index < -0.39 is 6.04 Å². The van der Waals surface area contributed by atoms with E-state index >= 15 is 0 Å². The van der Waals surface area contributed by atoms with Gasteiger partial charge < -0.3 is 9.88 Å². The van der Waals surface area contributed by atoms with Crippen LogP contribution < -0.4 is 0 Å². The van der Waals surface area contributed by atoms with E-state index in [0.717, 1.165) is 28.4 Å². The number of benzene rings is 2. The Labute approximate surface area is 170 Å². The van der Waals surface area contributed by atoms with Crippen molar-refractivity contribution in [2.45, 2.75) is 39.8 Å². The van der Waals surface area contributed by atoms with Gasteiger partial charge in [0.25, 0.3) is 0 Å². The van der Waals surface area contributed by atoms with Gasteiger partial charge in [0.15, 0.2) is 5.78 Å². The predicted octanol–water partition coefficient (Wildman–Crippen LogP) is 5.53. The largest absolute Gasteiger partial charge is 0.361 e. The van der Waals surface area contributed by atoms with Crippen molar-refractivity contribution >= 4 is 34.7 Å². The van der Waals surface area contributed by atoms with Crippen molar-refractivity contribution in [1.29, 1.82) is 0 Å². The highest BCUT2D eigenvalue weighted by atomic mass is 35.5. The number of H-pyrrole nitrogens is 1. The summed E-state index contributed by atoms with van der Waals surface area (Å²) in [6.07, 6.45) is 2.96. The average Bonchev–Trinajstić information content (AvgIpc) is 3.03. The Morgan fingerprint density at radius 1 is 1.18 bits per heavy atom. The van der Waals surface area contributed by atoms with E-state index in [9.17, 15) is 9.59 Å². The maximum atomic E-state index is 13.3. The predicted molar refractivity (Wildman–Crippen MR) is 113 cm³/mol. The van der Waals surface area contributed by atoms with Crippen molar-refractivity contribution in [3.8, 4) is 0 Å². The molecule has 0 aliphatic carbocycles. The van der Waals surface area contributed by atoms with Crippen molar-refractivity contribution < 1.29 is 9.59 Å². The zero-order chi connectivity index (χ0) is 20.3. The molecule has 0 aliphatic heterocycles. The van der Waals surface area contributed by atoms with Gasteiger partial charge in [-0.15, -0.1) is 0 Å². The molecule has 3 rings (SSSR count). The fourth-order valence-corrected chi connectivity index (χ4v) is 3.66. The van der Waals surface area contributed by atoms with Crippen LogP contribution in [0.4, 0.5) is 0 Å². The van der Waals surface area contributed by atoms with E-state index in [0.29, 0.717) is 18.0 Å². The number of rotatable bonds is 7. The molecule has 2 aromatic carbocycles. The molecule has 0 spiro atoms. The highest BCUT2D eigenvalue weighted by Crippen LogP contribution is 2.34. The molecule has 0 saturated heterocycles. The second-order valence-corrected chi connectivity index (χ2v) is 8.74. The van der Waals surface area contributed by atoms with Gasteiger partial charge in [0.1, 0.15) is 6.04 Å². The minimum Gasteiger partial charge on any atom is -0.361 e. The van der Waals surface area contributed by atoms with Crippen molar-refractivity contribution in [2.24, 2.45) is 5.41 Å². The molecule has 0 bridgehead atoms. The highest BCUT2D eigenvalue weighted by molar-refractivity contribution is 6.31. The number of nitrogens with zero attached hydrogens (tertiary/aromatic N) is 1. The van der Waals surface area contributed by atoms with Crippen LogP contribution in [0.3, 0.4) is 0 Å². The van der Waals surface area contributed by atoms with E-state index in [1.165, 1.54) is 0 Å². The third kappa shape index (κ3) is 4.63. The fraction of sp³-hybridized carbons (Fsp3) is 0.304. The Balaban J connectivity index is 2.05. The molecule has 5 heteroatoms. The smallest absolute Gasteiger partial charge is 0.210 e. The van der Waals surface area contributed by atoms with Crippen LogP contribution in [0.5, 0.6) is 0 Å². The zero-order valence-corrected chi connectivity index (χ0v) is 17.2. The summed E-state index contributed by atoms with van der Waals surface area (Å²) in [4.78, 5) is 30.1. The molecule has 1 heterocycles. The molecule has 1 atom stereocenters. The Kier molecular flexibility index (Phi) is 5.90. The Morgan fingerprint density at radius 3 is 2.54 bits per heavy atom. The molecule has 1 unspecified atom stereocenters. The van der Waals surface area contributed by atoms with Gasteiger partial charge in [0.2, 0.25) is 6.41 Å². The average molecular weight is 397 g/mol. The standard InChI is InChI=1S/C23H25ClN2O2/c1-23(2,3)12-21(28)22(26(15-27)14-16-7-5-4-6-8-16)19-13-25-20-11-17(24)9-10-18(19)20/h4-11,13,15,22,25H,12,14H2,1-3H3. The summed E-state index contributed by atoms with van der Waals surface area (Å²) in [7, 11) is 0. The maximum absolute atomic E-state index is 13.3. The lowest BCUT2D eigenvalue weighted by atomic mass is 9.85. The number of fused-ring (bicyclic) bond motifs is 1. The van der Waals surface area contributed by atoms with E-state index in [2.05, 4.69) is 4.98 Å².